The fraction of sp³-hybridized carbons (Fsp3) is 0.500. The number of anilines is 1. The summed E-state index contributed by atoms with van der Waals surface area (Å²) < 4.78 is 5.36. The van der Waals surface area contributed by atoms with Crippen LogP contribution in [0.25, 0.3) is 0 Å². The number of nitrogens with one attached hydrogen (secondary N) is 2. The van der Waals surface area contributed by atoms with Gasteiger partial charge in [-0.25, -0.2) is 0 Å². The van der Waals surface area contributed by atoms with Crippen molar-refractivity contribution in [3.63, 3.8) is 0 Å². The minimum Gasteiger partial charge on any atom is -0.492 e. The Morgan fingerprint density at radius 3 is 2.52 bits per heavy atom. The summed E-state index contributed by atoms with van der Waals surface area (Å²) in [6.07, 6.45) is 3.02. The van der Waals surface area contributed by atoms with Gasteiger partial charge >= 0.3 is 0 Å². The number of amides is 2. The number of carbonyl (C=O) groups is 2. The van der Waals surface area contributed by atoms with Gasteiger partial charge in [0.05, 0.1) is 0 Å². The number of carbonyl (C=O) groups excluding carboxylic acids is 2. The molecule has 2 rings (SSSR count). The van der Waals surface area contributed by atoms with Crippen molar-refractivity contribution in [2.45, 2.75) is 25.7 Å². The largest absolute Gasteiger partial charge is 0.492 e. The molecular weight excluding hydrogens is 318 g/mol. The van der Waals surface area contributed by atoms with E-state index in [1.54, 1.807) is 24.3 Å². The van der Waals surface area contributed by atoms with Crippen molar-refractivity contribution in [1.82, 2.24) is 5.32 Å². The third-order valence-corrected chi connectivity index (χ3v) is 3.35. The Morgan fingerprint density at radius 2 is 1.91 bits per heavy atom. The molecule has 0 atom stereocenters. The Bertz CT molecular complexity index is 504. The lowest BCUT2D eigenvalue weighted by atomic mass is 10.2. The molecule has 0 unspecified atom stereocenters. The predicted octanol–water partition coefficient (Wildman–Crippen LogP) is 1.69. The minimum atomic E-state index is -0.0590. The lowest BCUT2D eigenvalue weighted by Crippen LogP contribution is -2.26. The van der Waals surface area contributed by atoms with Crippen LogP contribution in [0.1, 0.15) is 25.7 Å². The molecule has 1 aromatic rings. The van der Waals surface area contributed by atoms with Crippen LogP contribution in [-0.2, 0) is 9.59 Å². The molecule has 7 heteroatoms. The molecule has 2 amide bonds. The van der Waals surface area contributed by atoms with Crippen LogP contribution in [-0.4, -0.2) is 31.5 Å². The standard InChI is InChI=1S/C16H23N3O3.ClH/c17-9-11-22-14-7-5-13(6-8-14)19-15(20)2-1-10-18-16(21)12-3-4-12;/h5-8,12H,1-4,9-11,17H2,(H,18,21)(H,19,20);1H. The fourth-order valence-corrected chi connectivity index (χ4v) is 1.99. The van der Waals surface area contributed by atoms with Gasteiger partial charge in [-0.3, -0.25) is 9.59 Å². The summed E-state index contributed by atoms with van der Waals surface area (Å²) in [5, 5.41) is 5.66. The molecule has 128 valence electrons. The smallest absolute Gasteiger partial charge is 0.224 e. The van der Waals surface area contributed by atoms with Crippen molar-refractivity contribution in [2.75, 3.05) is 25.0 Å². The van der Waals surface area contributed by atoms with Crippen LogP contribution in [0.3, 0.4) is 0 Å². The van der Waals surface area contributed by atoms with Crippen LogP contribution in [0, 0.1) is 5.92 Å². The molecule has 0 aromatic heterocycles. The second-order valence-electron chi connectivity index (χ2n) is 5.38. The molecule has 0 spiro atoms. The van der Waals surface area contributed by atoms with Gasteiger partial charge in [0.1, 0.15) is 12.4 Å². The Morgan fingerprint density at radius 1 is 1.22 bits per heavy atom. The molecule has 0 radical (unpaired) electrons. The molecule has 4 N–H and O–H groups in total. The van der Waals surface area contributed by atoms with Gasteiger partial charge in [-0.05, 0) is 43.5 Å². The van der Waals surface area contributed by atoms with Crippen LogP contribution in [0.4, 0.5) is 5.69 Å². The van der Waals surface area contributed by atoms with Crippen molar-refractivity contribution in [3.8, 4) is 5.75 Å². The van der Waals surface area contributed by atoms with Crippen molar-refractivity contribution >= 4 is 29.9 Å². The van der Waals surface area contributed by atoms with E-state index in [0.717, 1.165) is 24.3 Å². The highest BCUT2D eigenvalue weighted by Crippen LogP contribution is 2.28. The van der Waals surface area contributed by atoms with Crippen LogP contribution in [0.15, 0.2) is 24.3 Å². The first-order chi connectivity index (χ1) is 10.7. The molecule has 1 aliphatic carbocycles. The first-order valence-corrected chi connectivity index (χ1v) is 7.69. The molecule has 0 aliphatic heterocycles. The highest BCUT2D eigenvalue weighted by molar-refractivity contribution is 5.90. The summed E-state index contributed by atoms with van der Waals surface area (Å²) in [5.41, 5.74) is 6.09. The Kier molecular flexibility index (Phi) is 8.43. The maximum absolute atomic E-state index is 11.8. The quantitative estimate of drug-likeness (QED) is 0.596. The maximum atomic E-state index is 11.8. The van der Waals surface area contributed by atoms with Gasteiger partial charge in [-0.1, -0.05) is 0 Å². The highest BCUT2D eigenvalue weighted by Gasteiger charge is 2.28. The number of nitrogens with two attached hydrogens (primary N) is 1. The van der Waals surface area contributed by atoms with Crippen molar-refractivity contribution in [2.24, 2.45) is 11.7 Å². The van der Waals surface area contributed by atoms with E-state index in [2.05, 4.69) is 10.6 Å². The number of ether oxygens (including phenoxy) is 1. The summed E-state index contributed by atoms with van der Waals surface area (Å²) >= 11 is 0. The Hall–Kier alpha value is -1.79. The molecule has 23 heavy (non-hydrogen) atoms. The number of rotatable bonds is 9. The lowest BCUT2D eigenvalue weighted by Gasteiger charge is -2.08. The minimum absolute atomic E-state index is 0. The van der Waals surface area contributed by atoms with Crippen LogP contribution in [0.5, 0.6) is 5.75 Å². The van der Waals surface area contributed by atoms with Crippen molar-refractivity contribution in [3.05, 3.63) is 24.3 Å². The third kappa shape index (κ3) is 7.34. The van der Waals surface area contributed by atoms with Gasteiger partial charge < -0.3 is 21.1 Å². The Labute approximate surface area is 142 Å². The van der Waals surface area contributed by atoms with E-state index in [4.69, 9.17) is 10.5 Å². The Balaban J connectivity index is 0.00000264. The second-order valence-corrected chi connectivity index (χ2v) is 5.38. The first kappa shape index (κ1) is 19.3. The molecule has 0 saturated heterocycles. The molecule has 1 saturated carbocycles. The summed E-state index contributed by atoms with van der Waals surface area (Å²) in [4.78, 5) is 23.2. The zero-order chi connectivity index (χ0) is 15.8. The number of hydrogen-bond acceptors (Lipinski definition) is 4. The molecule has 1 fully saturated rings. The molecule has 1 aromatic carbocycles. The van der Waals surface area contributed by atoms with Gasteiger partial charge in [-0.15, -0.1) is 12.4 Å². The molecule has 1 aliphatic rings. The van der Waals surface area contributed by atoms with E-state index >= 15 is 0 Å². The number of hydrogen-bond donors (Lipinski definition) is 3. The predicted molar refractivity (Wildman–Crippen MR) is 91.8 cm³/mol. The molecular formula is C16H24ClN3O3. The summed E-state index contributed by atoms with van der Waals surface area (Å²) in [5.74, 6) is 1.00. The normalized spacial score (nSPS) is 12.9. The van der Waals surface area contributed by atoms with Crippen molar-refractivity contribution < 1.29 is 14.3 Å². The topological polar surface area (TPSA) is 93.4 Å². The first-order valence-electron chi connectivity index (χ1n) is 7.69. The molecule has 0 bridgehead atoms. The molecule has 0 heterocycles. The van der Waals surface area contributed by atoms with E-state index < -0.39 is 0 Å². The lowest BCUT2D eigenvalue weighted by molar-refractivity contribution is -0.122. The molecule has 6 nitrogen and oxygen atoms in total. The van der Waals surface area contributed by atoms with Gasteiger partial charge in [-0.2, -0.15) is 0 Å². The van der Waals surface area contributed by atoms with Crippen LogP contribution >= 0.6 is 12.4 Å². The van der Waals surface area contributed by atoms with E-state index in [1.807, 2.05) is 0 Å². The van der Waals surface area contributed by atoms with Crippen LogP contribution in [0.2, 0.25) is 0 Å². The van der Waals surface area contributed by atoms with Gasteiger partial charge in [0.15, 0.2) is 0 Å². The zero-order valence-corrected chi connectivity index (χ0v) is 13.9. The van der Waals surface area contributed by atoms with E-state index in [9.17, 15) is 9.59 Å². The average molecular weight is 342 g/mol. The summed E-state index contributed by atoms with van der Waals surface area (Å²) in [6.45, 7) is 1.49. The van der Waals surface area contributed by atoms with E-state index in [-0.39, 0.29) is 30.1 Å². The fourth-order valence-electron chi connectivity index (χ4n) is 1.99. The average Bonchev–Trinajstić information content (AvgIpc) is 3.35. The maximum Gasteiger partial charge on any atom is 0.224 e. The zero-order valence-electron chi connectivity index (χ0n) is 13.0. The highest BCUT2D eigenvalue weighted by atomic mass is 35.5. The monoisotopic (exact) mass is 341 g/mol. The third-order valence-electron chi connectivity index (χ3n) is 3.35. The van der Waals surface area contributed by atoms with Crippen molar-refractivity contribution in [1.29, 1.82) is 0 Å². The van der Waals surface area contributed by atoms with Crippen LogP contribution < -0.4 is 21.1 Å². The number of halogens is 1. The SMILES string of the molecule is Cl.NCCOc1ccc(NC(=O)CCCNC(=O)C2CC2)cc1. The summed E-state index contributed by atoms with van der Waals surface area (Å²) in [7, 11) is 0. The van der Waals surface area contributed by atoms with E-state index in [0.29, 0.717) is 32.5 Å². The summed E-state index contributed by atoms with van der Waals surface area (Å²) in [6, 6.07) is 7.17. The second kappa shape index (κ2) is 10.1. The van der Waals surface area contributed by atoms with Gasteiger partial charge in [0.2, 0.25) is 11.8 Å². The van der Waals surface area contributed by atoms with Gasteiger partial charge in [0, 0.05) is 31.1 Å². The number of benzene rings is 1. The van der Waals surface area contributed by atoms with E-state index in [1.165, 1.54) is 0 Å². The van der Waals surface area contributed by atoms with Gasteiger partial charge in [0.25, 0.3) is 0 Å².